The Labute approximate surface area is 117 Å². The lowest BCUT2D eigenvalue weighted by atomic mass is 10.3. The van der Waals surface area contributed by atoms with Crippen LogP contribution in [0.1, 0.15) is 25.3 Å². The zero-order valence-electron chi connectivity index (χ0n) is 11.4. The molecule has 5 heteroatoms. The first-order chi connectivity index (χ1) is 9.30. The van der Waals surface area contributed by atoms with Crippen molar-refractivity contribution in [2.24, 2.45) is 5.73 Å². The van der Waals surface area contributed by atoms with E-state index in [1.54, 1.807) is 11.3 Å². The molecule has 19 heavy (non-hydrogen) atoms. The molecule has 4 nitrogen and oxygen atoms in total. The molecular weight excluding hydrogens is 260 g/mol. The van der Waals surface area contributed by atoms with E-state index in [1.165, 1.54) is 0 Å². The molecule has 2 aromatic rings. The van der Waals surface area contributed by atoms with Crippen LogP contribution in [0.15, 0.2) is 12.1 Å². The summed E-state index contributed by atoms with van der Waals surface area (Å²) < 4.78 is 12.4. The zero-order valence-corrected chi connectivity index (χ0v) is 12.3. The van der Waals surface area contributed by atoms with Crippen LogP contribution in [-0.4, -0.2) is 24.7 Å². The summed E-state index contributed by atoms with van der Waals surface area (Å²) in [6, 6.07) is 3.89. The van der Waals surface area contributed by atoms with Crippen molar-refractivity contribution in [2.75, 3.05) is 19.8 Å². The van der Waals surface area contributed by atoms with E-state index in [0.29, 0.717) is 19.8 Å². The molecule has 0 saturated heterocycles. The second kappa shape index (κ2) is 6.73. The third-order valence-electron chi connectivity index (χ3n) is 2.71. The highest BCUT2D eigenvalue weighted by Crippen LogP contribution is 2.37. The molecular formula is C14H20N2O2S. The Bertz CT molecular complexity index is 496. The quantitative estimate of drug-likeness (QED) is 0.847. The Hall–Kier alpha value is -1.33. The number of ether oxygens (including phenoxy) is 2. The van der Waals surface area contributed by atoms with Crippen LogP contribution in [0, 0.1) is 0 Å². The predicted octanol–water partition coefficient (Wildman–Crippen LogP) is 2.99. The van der Waals surface area contributed by atoms with Crippen molar-refractivity contribution in [2.45, 2.75) is 26.7 Å². The Balaban J connectivity index is 2.43. The fraction of sp³-hybridized carbons (Fsp3) is 0.500. The summed E-state index contributed by atoms with van der Waals surface area (Å²) in [5, 5.41) is 1.09. The SMILES string of the molecule is CCOc1ccc(OCC)c2sc(CCCN)nc12. The maximum atomic E-state index is 5.66. The van der Waals surface area contributed by atoms with E-state index in [2.05, 4.69) is 4.98 Å². The Morgan fingerprint density at radius 2 is 1.84 bits per heavy atom. The molecule has 2 rings (SSSR count). The molecule has 0 unspecified atom stereocenters. The van der Waals surface area contributed by atoms with Crippen LogP contribution in [0.25, 0.3) is 10.2 Å². The number of aryl methyl sites for hydroxylation is 1. The monoisotopic (exact) mass is 280 g/mol. The summed E-state index contributed by atoms with van der Waals surface area (Å²) in [4.78, 5) is 4.67. The summed E-state index contributed by atoms with van der Waals surface area (Å²) in [5.74, 6) is 1.72. The van der Waals surface area contributed by atoms with Crippen LogP contribution in [0.3, 0.4) is 0 Å². The van der Waals surface area contributed by atoms with Crippen molar-refractivity contribution < 1.29 is 9.47 Å². The van der Waals surface area contributed by atoms with E-state index in [0.717, 1.165) is 39.6 Å². The minimum atomic E-state index is 0.638. The number of fused-ring (bicyclic) bond motifs is 1. The van der Waals surface area contributed by atoms with Crippen LogP contribution in [0.5, 0.6) is 11.5 Å². The number of hydrogen-bond acceptors (Lipinski definition) is 5. The molecule has 104 valence electrons. The summed E-state index contributed by atoms with van der Waals surface area (Å²) in [5.41, 5.74) is 6.46. The fourth-order valence-electron chi connectivity index (χ4n) is 1.91. The molecule has 0 aliphatic heterocycles. The van der Waals surface area contributed by atoms with Crippen molar-refractivity contribution in [3.8, 4) is 11.5 Å². The van der Waals surface area contributed by atoms with Gasteiger partial charge in [-0.3, -0.25) is 0 Å². The maximum absolute atomic E-state index is 5.66. The van der Waals surface area contributed by atoms with E-state index in [-0.39, 0.29) is 0 Å². The highest BCUT2D eigenvalue weighted by atomic mass is 32.1. The number of thiazole rings is 1. The summed E-state index contributed by atoms with van der Waals surface area (Å²) in [7, 11) is 0. The minimum absolute atomic E-state index is 0.638. The molecule has 0 amide bonds. The molecule has 0 atom stereocenters. The Morgan fingerprint density at radius 3 is 2.53 bits per heavy atom. The molecule has 0 saturated carbocycles. The Kier molecular flexibility index (Phi) is 4.99. The van der Waals surface area contributed by atoms with Crippen molar-refractivity contribution in [1.82, 2.24) is 4.98 Å². The number of benzene rings is 1. The standard InChI is InChI=1S/C14H20N2O2S/c1-3-17-10-7-8-11(18-4-2)14-13(10)16-12(19-14)6-5-9-15/h7-8H,3-6,9,15H2,1-2H3. The molecule has 0 fully saturated rings. The number of nitrogens with zero attached hydrogens (tertiary/aromatic N) is 1. The molecule has 0 bridgehead atoms. The molecule has 0 radical (unpaired) electrons. The molecule has 0 aliphatic rings. The van der Waals surface area contributed by atoms with Crippen LogP contribution in [-0.2, 0) is 6.42 Å². The smallest absolute Gasteiger partial charge is 0.146 e. The first-order valence-electron chi connectivity index (χ1n) is 6.68. The molecule has 0 aliphatic carbocycles. The van der Waals surface area contributed by atoms with E-state index in [1.807, 2.05) is 26.0 Å². The van der Waals surface area contributed by atoms with Gasteiger partial charge in [-0.15, -0.1) is 11.3 Å². The van der Waals surface area contributed by atoms with Gasteiger partial charge in [0.25, 0.3) is 0 Å². The Morgan fingerprint density at radius 1 is 1.16 bits per heavy atom. The number of nitrogens with two attached hydrogens (primary N) is 1. The molecule has 1 aromatic carbocycles. The van der Waals surface area contributed by atoms with E-state index in [4.69, 9.17) is 15.2 Å². The molecule has 0 spiro atoms. The topological polar surface area (TPSA) is 57.4 Å². The molecule has 1 aromatic heterocycles. The van der Waals surface area contributed by atoms with Gasteiger partial charge in [0.1, 0.15) is 21.7 Å². The van der Waals surface area contributed by atoms with Gasteiger partial charge in [-0.1, -0.05) is 0 Å². The lowest BCUT2D eigenvalue weighted by Crippen LogP contribution is -1.99. The van der Waals surface area contributed by atoms with E-state index < -0.39 is 0 Å². The predicted molar refractivity (Wildman–Crippen MR) is 79.3 cm³/mol. The van der Waals surface area contributed by atoms with Gasteiger partial charge in [0, 0.05) is 6.42 Å². The average Bonchev–Trinajstić information content (AvgIpc) is 2.84. The average molecular weight is 280 g/mol. The van der Waals surface area contributed by atoms with Gasteiger partial charge in [-0.05, 0) is 38.9 Å². The van der Waals surface area contributed by atoms with Crippen LogP contribution < -0.4 is 15.2 Å². The number of hydrogen-bond donors (Lipinski definition) is 1. The van der Waals surface area contributed by atoms with Gasteiger partial charge in [0.15, 0.2) is 0 Å². The second-order valence-corrected chi connectivity index (χ2v) is 5.19. The third kappa shape index (κ3) is 3.16. The van der Waals surface area contributed by atoms with E-state index in [9.17, 15) is 0 Å². The van der Waals surface area contributed by atoms with Crippen molar-refractivity contribution in [3.05, 3.63) is 17.1 Å². The van der Waals surface area contributed by atoms with Crippen LogP contribution >= 0.6 is 11.3 Å². The minimum Gasteiger partial charge on any atom is -0.492 e. The maximum Gasteiger partial charge on any atom is 0.146 e. The molecule has 2 N–H and O–H groups in total. The van der Waals surface area contributed by atoms with Crippen molar-refractivity contribution in [1.29, 1.82) is 0 Å². The van der Waals surface area contributed by atoms with Gasteiger partial charge in [0.05, 0.1) is 18.2 Å². The van der Waals surface area contributed by atoms with E-state index >= 15 is 0 Å². The highest BCUT2D eigenvalue weighted by molar-refractivity contribution is 7.19. The number of rotatable bonds is 7. The van der Waals surface area contributed by atoms with Gasteiger partial charge in [-0.2, -0.15) is 0 Å². The van der Waals surface area contributed by atoms with Crippen molar-refractivity contribution >= 4 is 21.6 Å². The van der Waals surface area contributed by atoms with Gasteiger partial charge >= 0.3 is 0 Å². The fourth-order valence-corrected chi connectivity index (χ4v) is 3.00. The highest BCUT2D eigenvalue weighted by Gasteiger charge is 2.13. The first kappa shape index (κ1) is 14.1. The van der Waals surface area contributed by atoms with Crippen LogP contribution in [0.4, 0.5) is 0 Å². The third-order valence-corrected chi connectivity index (χ3v) is 3.84. The van der Waals surface area contributed by atoms with Gasteiger partial charge in [0.2, 0.25) is 0 Å². The van der Waals surface area contributed by atoms with Crippen molar-refractivity contribution in [3.63, 3.8) is 0 Å². The van der Waals surface area contributed by atoms with Crippen LogP contribution in [0.2, 0.25) is 0 Å². The van der Waals surface area contributed by atoms with Gasteiger partial charge < -0.3 is 15.2 Å². The first-order valence-corrected chi connectivity index (χ1v) is 7.49. The number of aromatic nitrogens is 1. The lowest BCUT2D eigenvalue weighted by molar-refractivity contribution is 0.336. The zero-order chi connectivity index (χ0) is 13.7. The largest absolute Gasteiger partial charge is 0.492 e. The lowest BCUT2D eigenvalue weighted by Gasteiger charge is -2.07. The summed E-state index contributed by atoms with van der Waals surface area (Å²) >= 11 is 1.67. The normalized spacial score (nSPS) is 10.9. The molecule has 1 heterocycles. The van der Waals surface area contributed by atoms with Gasteiger partial charge in [-0.25, -0.2) is 4.98 Å². The second-order valence-electron chi connectivity index (χ2n) is 4.11. The summed E-state index contributed by atoms with van der Waals surface area (Å²) in [6.45, 7) is 5.94. The summed E-state index contributed by atoms with van der Waals surface area (Å²) in [6.07, 6.45) is 1.86.